The number of nitrogens with one attached hydrogen (secondary N) is 2. The van der Waals surface area contributed by atoms with Gasteiger partial charge in [0.15, 0.2) is 0 Å². The number of carbonyl (C=O) groups excluding carboxylic acids is 4. The molecule has 6 heteroatoms. The Balaban J connectivity index is 2.32. The fourth-order valence-electron chi connectivity index (χ4n) is 1.40. The van der Waals surface area contributed by atoms with Crippen molar-refractivity contribution >= 4 is 23.5 Å². The average molecular weight is 206 g/mol. The Bertz CT molecular complexity index is 447. The van der Waals surface area contributed by atoms with Crippen molar-refractivity contribution in [2.75, 3.05) is 0 Å². The lowest BCUT2D eigenvalue weighted by atomic mass is 9.96. The smallest absolute Gasteiger partial charge is 0.322 e. The molecule has 0 aromatic heterocycles. The van der Waals surface area contributed by atoms with E-state index in [4.69, 9.17) is 0 Å². The Labute approximate surface area is 84.0 Å². The molecule has 0 saturated carbocycles. The van der Waals surface area contributed by atoms with Gasteiger partial charge < -0.3 is 5.32 Å². The van der Waals surface area contributed by atoms with E-state index in [0.29, 0.717) is 0 Å². The second-order valence-corrected chi connectivity index (χ2v) is 3.07. The summed E-state index contributed by atoms with van der Waals surface area (Å²) in [6.45, 7) is 0. The van der Waals surface area contributed by atoms with Crippen LogP contribution in [0.2, 0.25) is 0 Å². The second kappa shape index (κ2) is 3.16. The molecule has 2 N–H and O–H groups in total. The third-order valence-corrected chi connectivity index (χ3v) is 2.09. The highest BCUT2D eigenvalue weighted by molar-refractivity contribution is 6.49. The number of hydrogen-bond acceptors (Lipinski definition) is 4. The van der Waals surface area contributed by atoms with Gasteiger partial charge in [-0.15, -0.1) is 0 Å². The van der Waals surface area contributed by atoms with Crippen molar-refractivity contribution in [2.24, 2.45) is 0 Å². The van der Waals surface area contributed by atoms with Crippen molar-refractivity contribution in [2.45, 2.75) is 6.04 Å². The molecule has 1 atom stereocenters. The molecule has 0 radical (unpaired) electrons. The zero-order valence-electron chi connectivity index (χ0n) is 7.44. The number of Topliss-reactive ketones (excluding diaryl/α,β-unsaturated/α-hetero) is 1. The molecule has 15 heavy (non-hydrogen) atoms. The van der Waals surface area contributed by atoms with Crippen LogP contribution in [-0.2, 0) is 14.4 Å². The molecule has 1 heterocycles. The molecule has 1 unspecified atom stereocenters. The lowest BCUT2D eigenvalue weighted by Gasteiger charge is -2.11. The maximum atomic E-state index is 11.4. The van der Waals surface area contributed by atoms with E-state index in [2.05, 4.69) is 5.32 Å². The van der Waals surface area contributed by atoms with E-state index in [1.54, 1.807) is 0 Å². The van der Waals surface area contributed by atoms with Gasteiger partial charge in [-0.2, -0.15) is 0 Å². The van der Waals surface area contributed by atoms with E-state index in [1.807, 2.05) is 5.32 Å². The molecule has 2 rings (SSSR count). The zero-order valence-corrected chi connectivity index (χ0v) is 7.44. The molecule has 6 nitrogen and oxygen atoms in total. The number of hydrogen-bond donors (Lipinski definition) is 2. The number of urea groups is 1. The lowest BCUT2D eigenvalue weighted by Crippen LogP contribution is -2.37. The molecule has 0 bridgehead atoms. The molecule has 0 spiro atoms. The fraction of sp³-hybridized carbons (Fsp3) is 0.111. The second-order valence-electron chi connectivity index (χ2n) is 3.07. The summed E-state index contributed by atoms with van der Waals surface area (Å²) in [6, 6.07) is -1.72. The standard InChI is InChI=1S/C9H6N2O4/c12-5-3-1-2-4(7(5)13)6-8(14)11-9(15)10-6/h1-3,6H,(H2,10,11,14,15). The predicted octanol–water partition coefficient (Wildman–Crippen LogP) is -1.17. The first-order valence-corrected chi connectivity index (χ1v) is 4.18. The van der Waals surface area contributed by atoms with Crippen LogP contribution in [0.1, 0.15) is 0 Å². The van der Waals surface area contributed by atoms with Gasteiger partial charge in [-0.1, -0.05) is 12.2 Å². The normalized spacial score (nSPS) is 25.1. The molecule has 1 aliphatic heterocycles. The van der Waals surface area contributed by atoms with E-state index < -0.39 is 29.5 Å². The van der Waals surface area contributed by atoms with Crippen LogP contribution in [0, 0.1) is 0 Å². The van der Waals surface area contributed by atoms with Gasteiger partial charge in [0.05, 0.1) is 0 Å². The number of imide groups is 1. The Morgan fingerprint density at radius 1 is 1.13 bits per heavy atom. The van der Waals surface area contributed by atoms with Gasteiger partial charge in [-0.05, 0) is 6.08 Å². The van der Waals surface area contributed by atoms with Crippen molar-refractivity contribution in [3.63, 3.8) is 0 Å². The first kappa shape index (κ1) is 9.32. The van der Waals surface area contributed by atoms with Crippen LogP contribution >= 0.6 is 0 Å². The molecular formula is C9H6N2O4. The van der Waals surface area contributed by atoms with Crippen LogP contribution in [0.3, 0.4) is 0 Å². The minimum atomic E-state index is -1.06. The van der Waals surface area contributed by atoms with Crippen LogP contribution in [0.4, 0.5) is 4.79 Å². The first-order chi connectivity index (χ1) is 7.09. The minimum absolute atomic E-state index is 0.00847. The maximum absolute atomic E-state index is 11.4. The number of rotatable bonds is 1. The summed E-state index contributed by atoms with van der Waals surface area (Å²) in [6.07, 6.45) is 3.83. The lowest BCUT2D eigenvalue weighted by molar-refractivity contribution is -0.132. The van der Waals surface area contributed by atoms with Crippen molar-refractivity contribution in [1.29, 1.82) is 0 Å². The Morgan fingerprint density at radius 3 is 2.47 bits per heavy atom. The third kappa shape index (κ3) is 1.45. The monoisotopic (exact) mass is 206 g/mol. The summed E-state index contributed by atoms with van der Waals surface area (Å²) >= 11 is 0. The first-order valence-electron chi connectivity index (χ1n) is 4.18. The number of amides is 3. The predicted molar refractivity (Wildman–Crippen MR) is 47.7 cm³/mol. The molecule has 0 aromatic rings. The maximum Gasteiger partial charge on any atom is 0.322 e. The quantitative estimate of drug-likeness (QED) is 0.321. The molecule has 76 valence electrons. The van der Waals surface area contributed by atoms with Gasteiger partial charge in [0.25, 0.3) is 5.91 Å². The summed E-state index contributed by atoms with van der Waals surface area (Å²) in [5, 5.41) is 4.23. The summed E-state index contributed by atoms with van der Waals surface area (Å²) < 4.78 is 0. The highest BCUT2D eigenvalue weighted by Crippen LogP contribution is 2.12. The third-order valence-electron chi connectivity index (χ3n) is 2.09. The molecule has 1 saturated heterocycles. The number of allylic oxidation sites excluding steroid dienone is 3. The van der Waals surface area contributed by atoms with Crippen molar-refractivity contribution in [3.8, 4) is 0 Å². The van der Waals surface area contributed by atoms with Crippen LogP contribution < -0.4 is 10.6 Å². The van der Waals surface area contributed by atoms with E-state index >= 15 is 0 Å². The van der Waals surface area contributed by atoms with Gasteiger partial charge in [0, 0.05) is 5.57 Å². The summed E-state index contributed by atoms with van der Waals surface area (Å²) in [7, 11) is 0. The van der Waals surface area contributed by atoms with Crippen molar-refractivity contribution < 1.29 is 19.2 Å². The molecule has 1 fully saturated rings. The van der Waals surface area contributed by atoms with E-state index in [-0.39, 0.29) is 5.57 Å². The Hall–Kier alpha value is -2.24. The van der Waals surface area contributed by atoms with Crippen LogP contribution in [0.5, 0.6) is 0 Å². The average Bonchev–Trinajstić information content (AvgIpc) is 2.50. The van der Waals surface area contributed by atoms with Crippen LogP contribution in [-0.4, -0.2) is 29.5 Å². The largest absolute Gasteiger partial charge is 0.322 e. The summed E-state index contributed by atoms with van der Waals surface area (Å²) in [5.41, 5.74) is -0.00847. The van der Waals surface area contributed by atoms with Crippen LogP contribution in [0.15, 0.2) is 23.8 Å². The Morgan fingerprint density at radius 2 is 1.87 bits per heavy atom. The summed E-state index contributed by atoms with van der Waals surface area (Å²) in [4.78, 5) is 44.4. The number of carbonyl (C=O) groups is 4. The van der Waals surface area contributed by atoms with Crippen LogP contribution in [0.25, 0.3) is 0 Å². The van der Waals surface area contributed by atoms with Gasteiger partial charge in [0.2, 0.25) is 11.6 Å². The molecule has 2 aliphatic rings. The molecule has 3 amide bonds. The molecular weight excluding hydrogens is 200 g/mol. The van der Waals surface area contributed by atoms with Gasteiger partial charge in [0.1, 0.15) is 6.04 Å². The van der Waals surface area contributed by atoms with Crippen molar-refractivity contribution in [1.82, 2.24) is 10.6 Å². The van der Waals surface area contributed by atoms with E-state index in [0.717, 1.165) is 6.08 Å². The topological polar surface area (TPSA) is 92.3 Å². The van der Waals surface area contributed by atoms with Crippen molar-refractivity contribution in [3.05, 3.63) is 23.8 Å². The highest BCUT2D eigenvalue weighted by Gasteiger charge is 2.37. The fourth-order valence-corrected chi connectivity index (χ4v) is 1.40. The minimum Gasteiger partial charge on any atom is -0.322 e. The van der Waals surface area contributed by atoms with Gasteiger partial charge in [-0.3, -0.25) is 19.7 Å². The molecule has 0 aromatic carbocycles. The number of ketones is 2. The molecule has 1 aliphatic carbocycles. The van der Waals surface area contributed by atoms with Gasteiger partial charge >= 0.3 is 6.03 Å². The summed E-state index contributed by atoms with van der Waals surface area (Å²) in [5.74, 6) is -2.08. The highest BCUT2D eigenvalue weighted by atomic mass is 16.2. The van der Waals surface area contributed by atoms with Gasteiger partial charge in [-0.25, -0.2) is 4.79 Å². The SMILES string of the molecule is O=C1NC(=O)C(C2=CC=CC(=O)C2=O)N1. The Kier molecular flexibility index (Phi) is 1.96. The van der Waals surface area contributed by atoms with E-state index in [1.165, 1.54) is 12.2 Å². The zero-order chi connectivity index (χ0) is 11.0. The van der Waals surface area contributed by atoms with E-state index in [9.17, 15) is 19.2 Å².